The van der Waals surface area contributed by atoms with Crippen LogP contribution in [-0.2, 0) is 6.54 Å². The zero-order valence-electron chi connectivity index (χ0n) is 5.64. The van der Waals surface area contributed by atoms with Gasteiger partial charge < -0.3 is 10.8 Å². The molecule has 0 saturated carbocycles. The molecule has 1 aromatic rings. The molecule has 0 saturated heterocycles. The minimum Gasteiger partial charge on any atom is -0.507 e. The van der Waals surface area contributed by atoms with Crippen LogP contribution >= 0.6 is 15.9 Å². The Labute approximate surface area is 72.0 Å². The number of phenols is 1. The van der Waals surface area contributed by atoms with Gasteiger partial charge in [0, 0.05) is 12.1 Å². The Morgan fingerprint density at radius 1 is 1.55 bits per heavy atom. The third-order valence-corrected chi connectivity index (χ3v) is 2.12. The van der Waals surface area contributed by atoms with Gasteiger partial charge in [0.25, 0.3) is 0 Å². The first kappa shape index (κ1) is 8.49. The molecular weight excluding hydrogens is 213 g/mol. The van der Waals surface area contributed by atoms with Crippen molar-refractivity contribution in [1.82, 2.24) is 0 Å². The third kappa shape index (κ3) is 1.52. The summed E-state index contributed by atoms with van der Waals surface area (Å²) >= 11 is 2.89. The lowest BCUT2D eigenvalue weighted by Crippen LogP contribution is -1.99. The highest BCUT2D eigenvalue weighted by Crippen LogP contribution is 2.28. The van der Waals surface area contributed by atoms with Gasteiger partial charge >= 0.3 is 0 Å². The molecule has 2 nitrogen and oxygen atoms in total. The van der Waals surface area contributed by atoms with Gasteiger partial charge in [0.1, 0.15) is 11.6 Å². The van der Waals surface area contributed by atoms with E-state index >= 15 is 0 Å². The van der Waals surface area contributed by atoms with Crippen LogP contribution < -0.4 is 5.73 Å². The largest absolute Gasteiger partial charge is 0.507 e. The van der Waals surface area contributed by atoms with Crippen molar-refractivity contribution < 1.29 is 9.50 Å². The van der Waals surface area contributed by atoms with E-state index in [4.69, 9.17) is 10.8 Å². The SMILES string of the molecule is NCc1ccc(O)c(Br)c1F. The monoisotopic (exact) mass is 219 g/mol. The lowest BCUT2D eigenvalue weighted by Gasteiger charge is -2.02. The molecule has 0 heterocycles. The van der Waals surface area contributed by atoms with Gasteiger partial charge in [0.15, 0.2) is 0 Å². The van der Waals surface area contributed by atoms with Crippen molar-refractivity contribution in [2.75, 3.05) is 0 Å². The average Bonchev–Trinajstić information content (AvgIpc) is 2.01. The van der Waals surface area contributed by atoms with Gasteiger partial charge in [-0.25, -0.2) is 4.39 Å². The van der Waals surface area contributed by atoms with E-state index in [2.05, 4.69) is 15.9 Å². The highest BCUT2D eigenvalue weighted by Gasteiger charge is 2.08. The van der Waals surface area contributed by atoms with Crippen LogP contribution in [0.1, 0.15) is 5.56 Å². The fraction of sp³-hybridized carbons (Fsp3) is 0.143. The summed E-state index contributed by atoms with van der Waals surface area (Å²) in [4.78, 5) is 0. The molecule has 3 N–H and O–H groups in total. The molecule has 1 aromatic carbocycles. The van der Waals surface area contributed by atoms with E-state index in [0.717, 1.165) is 0 Å². The minimum atomic E-state index is -0.493. The smallest absolute Gasteiger partial charge is 0.145 e. The average molecular weight is 220 g/mol. The van der Waals surface area contributed by atoms with Crippen molar-refractivity contribution in [3.8, 4) is 5.75 Å². The first-order valence-electron chi connectivity index (χ1n) is 3.02. The molecule has 0 bridgehead atoms. The maximum Gasteiger partial charge on any atom is 0.145 e. The fourth-order valence-electron chi connectivity index (χ4n) is 0.737. The minimum absolute atomic E-state index is 0.0699. The van der Waals surface area contributed by atoms with Crippen LogP contribution in [-0.4, -0.2) is 5.11 Å². The summed E-state index contributed by atoms with van der Waals surface area (Å²) < 4.78 is 13.0. The van der Waals surface area contributed by atoms with Crippen molar-refractivity contribution >= 4 is 15.9 Å². The normalized spacial score (nSPS) is 10.1. The Kier molecular flexibility index (Phi) is 2.46. The lowest BCUT2D eigenvalue weighted by atomic mass is 10.2. The van der Waals surface area contributed by atoms with Crippen LogP contribution in [0.5, 0.6) is 5.75 Å². The Hall–Kier alpha value is -0.610. The Balaban J connectivity index is 3.25. The summed E-state index contributed by atoms with van der Waals surface area (Å²) in [6, 6.07) is 2.85. The molecule has 0 radical (unpaired) electrons. The first-order valence-corrected chi connectivity index (χ1v) is 3.82. The standard InChI is InChI=1S/C7H7BrFNO/c8-6-5(11)2-1-4(3-10)7(6)9/h1-2,11H,3,10H2. The van der Waals surface area contributed by atoms with E-state index in [9.17, 15) is 4.39 Å². The Morgan fingerprint density at radius 3 is 2.73 bits per heavy atom. The summed E-state index contributed by atoms with van der Waals surface area (Å²) in [5.41, 5.74) is 5.61. The van der Waals surface area contributed by atoms with E-state index in [1.165, 1.54) is 12.1 Å². The fourth-order valence-corrected chi connectivity index (χ4v) is 1.12. The lowest BCUT2D eigenvalue weighted by molar-refractivity contribution is 0.462. The van der Waals surface area contributed by atoms with Crippen LogP contribution in [0.25, 0.3) is 0 Å². The molecule has 0 atom stereocenters. The van der Waals surface area contributed by atoms with Crippen molar-refractivity contribution in [2.45, 2.75) is 6.54 Å². The third-order valence-electron chi connectivity index (χ3n) is 1.36. The molecule has 0 aliphatic carbocycles. The quantitative estimate of drug-likeness (QED) is 0.757. The maximum atomic E-state index is 13.0. The van der Waals surface area contributed by atoms with Crippen LogP contribution in [0.3, 0.4) is 0 Å². The first-order chi connectivity index (χ1) is 5.16. The molecule has 0 fully saturated rings. The van der Waals surface area contributed by atoms with Gasteiger partial charge in [-0.05, 0) is 22.0 Å². The summed E-state index contributed by atoms with van der Waals surface area (Å²) in [5, 5.41) is 8.99. The number of phenolic OH excluding ortho intramolecular Hbond substituents is 1. The summed E-state index contributed by atoms with van der Waals surface area (Å²) in [6.07, 6.45) is 0. The predicted molar refractivity (Wildman–Crippen MR) is 43.7 cm³/mol. The number of halogens is 2. The number of benzene rings is 1. The van der Waals surface area contributed by atoms with E-state index < -0.39 is 5.82 Å². The summed E-state index contributed by atoms with van der Waals surface area (Å²) in [5.74, 6) is -0.604. The van der Waals surface area contributed by atoms with Crippen LogP contribution in [0.4, 0.5) is 4.39 Å². The second-order valence-corrected chi connectivity index (χ2v) is 2.87. The zero-order chi connectivity index (χ0) is 8.43. The topological polar surface area (TPSA) is 46.2 Å². The number of rotatable bonds is 1. The Bertz CT molecular complexity index is 277. The predicted octanol–water partition coefficient (Wildman–Crippen LogP) is 1.75. The number of nitrogens with two attached hydrogens (primary N) is 1. The van der Waals surface area contributed by atoms with Gasteiger partial charge in [-0.15, -0.1) is 0 Å². The van der Waals surface area contributed by atoms with Crippen LogP contribution in [0.15, 0.2) is 16.6 Å². The molecule has 0 aliphatic heterocycles. The van der Waals surface area contributed by atoms with Gasteiger partial charge in [-0.2, -0.15) is 0 Å². The Morgan fingerprint density at radius 2 is 2.18 bits per heavy atom. The van der Waals surface area contributed by atoms with Crippen molar-refractivity contribution in [1.29, 1.82) is 0 Å². The van der Waals surface area contributed by atoms with E-state index in [1.54, 1.807) is 0 Å². The molecule has 11 heavy (non-hydrogen) atoms. The molecule has 0 aliphatic rings. The van der Waals surface area contributed by atoms with Gasteiger partial charge in [0.05, 0.1) is 4.47 Å². The molecule has 60 valence electrons. The number of hydrogen-bond donors (Lipinski definition) is 2. The molecule has 0 amide bonds. The number of hydrogen-bond acceptors (Lipinski definition) is 2. The number of aromatic hydroxyl groups is 1. The van der Waals surface area contributed by atoms with Crippen molar-refractivity contribution in [2.24, 2.45) is 5.73 Å². The zero-order valence-corrected chi connectivity index (χ0v) is 7.23. The molecule has 1 rings (SSSR count). The van der Waals surface area contributed by atoms with Crippen LogP contribution in [0.2, 0.25) is 0 Å². The second-order valence-electron chi connectivity index (χ2n) is 2.08. The maximum absolute atomic E-state index is 13.0. The molecule has 0 spiro atoms. The van der Waals surface area contributed by atoms with Crippen molar-refractivity contribution in [3.05, 3.63) is 28.0 Å². The second kappa shape index (κ2) is 3.19. The van der Waals surface area contributed by atoms with Gasteiger partial charge in [-0.1, -0.05) is 6.07 Å². The molecular formula is C7H7BrFNO. The molecule has 0 unspecified atom stereocenters. The highest BCUT2D eigenvalue weighted by atomic mass is 79.9. The van der Waals surface area contributed by atoms with Crippen molar-refractivity contribution in [3.63, 3.8) is 0 Å². The van der Waals surface area contributed by atoms with Crippen LogP contribution in [0, 0.1) is 5.82 Å². The molecule has 0 aromatic heterocycles. The van der Waals surface area contributed by atoms with Gasteiger partial charge in [-0.3, -0.25) is 0 Å². The van der Waals surface area contributed by atoms with Gasteiger partial charge in [0.2, 0.25) is 0 Å². The molecule has 4 heteroatoms. The highest BCUT2D eigenvalue weighted by molar-refractivity contribution is 9.10. The van der Waals surface area contributed by atoms with E-state index in [1.807, 2.05) is 0 Å². The van der Waals surface area contributed by atoms with E-state index in [-0.39, 0.29) is 16.8 Å². The summed E-state index contributed by atoms with van der Waals surface area (Å²) in [7, 11) is 0. The van der Waals surface area contributed by atoms with E-state index in [0.29, 0.717) is 5.56 Å². The summed E-state index contributed by atoms with van der Waals surface area (Å²) in [6.45, 7) is 0.130.